The van der Waals surface area contributed by atoms with Crippen LogP contribution in [0.1, 0.15) is 60.0 Å². The summed E-state index contributed by atoms with van der Waals surface area (Å²) in [6.07, 6.45) is 1.53. The number of aliphatic hydroxyl groups excluding tert-OH is 1. The number of piperidine rings is 1. The monoisotopic (exact) mass is 672 g/mol. The van der Waals surface area contributed by atoms with Crippen molar-refractivity contribution in [3.63, 3.8) is 0 Å². The van der Waals surface area contributed by atoms with Gasteiger partial charge in [0.15, 0.2) is 6.29 Å². The molecule has 2 aliphatic rings. The lowest BCUT2D eigenvalue weighted by molar-refractivity contribution is -0.253. The SMILES string of the molecule is O=C(NCc1ccc(C2OC(CN3CCC(n4c(=O)[nH]c5ccccc54)CC3)CC(c3ccc(CO)cc3)O2)cc1)C(Cl)(Cl)Cl. The summed E-state index contributed by atoms with van der Waals surface area (Å²) in [6.45, 7) is 2.64. The molecule has 3 heterocycles. The zero-order chi connectivity index (χ0) is 31.6. The number of fused-ring (bicyclic) bond motifs is 1. The van der Waals surface area contributed by atoms with Gasteiger partial charge in [-0.3, -0.25) is 9.36 Å². The van der Waals surface area contributed by atoms with Crippen LogP contribution >= 0.6 is 34.8 Å². The number of aliphatic hydroxyl groups is 1. The van der Waals surface area contributed by atoms with Crippen LogP contribution in [-0.4, -0.2) is 55.0 Å². The Morgan fingerprint density at radius 3 is 2.29 bits per heavy atom. The van der Waals surface area contributed by atoms with Crippen molar-refractivity contribution in [3.8, 4) is 0 Å². The molecule has 45 heavy (non-hydrogen) atoms. The van der Waals surface area contributed by atoms with Crippen LogP contribution in [-0.2, 0) is 27.4 Å². The van der Waals surface area contributed by atoms with Gasteiger partial charge in [0, 0.05) is 44.2 Å². The zero-order valence-electron chi connectivity index (χ0n) is 24.5. The fourth-order valence-electron chi connectivity index (χ4n) is 6.19. The Hall–Kier alpha value is -2.89. The van der Waals surface area contributed by atoms with E-state index in [9.17, 15) is 14.7 Å². The zero-order valence-corrected chi connectivity index (χ0v) is 26.8. The second kappa shape index (κ2) is 13.8. The van der Waals surface area contributed by atoms with E-state index in [0.29, 0.717) is 6.42 Å². The Morgan fingerprint density at radius 1 is 0.933 bits per heavy atom. The number of hydrogen-bond donors (Lipinski definition) is 3. The summed E-state index contributed by atoms with van der Waals surface area (Å²) in [4.78, 5) is 30.1. The van der Waals surface area contributed by atoms with Crippen LogP contribution in [0, 0.1) is 0 Å². The van der Waals surface area contributed by atoms with Crippen molar-refractivity contribution in [3.05, 3.63) is 106 Å². The van der Waals surface area contributed by atoms with E-state index in [1.165, 1.54) is 0 Å². The van der Waals surface area contributed by atoms with Crippen molar-refractivity contribution in [2.75, 3.05) is 19.6 Å². The van der Waals surface area contributed by atoms with E-state index in [4.69, 9.17) is 44.3 Å². The number of nitrogens with one attached hydrogen (secondary N) is 2. The van der Waals surface area contributed by atoms with Gasteiger partial charge in [-0.2, -0.15) is 0 Å². The van der Waals surface area contributed by atoms with Gasteiger partial charge in [0.2, 0.25) is 0 Å². The molecule has 0 aliphatic carbocycles. The van der Waals surface area contributed by atoms with Crippen molar-refractivity contribution in [2.45, 2.75) is 60.7 Å². The maximum atomic E-state index is 12.8. The van der Waals surface area contributed by atoms with Crippen LogP contribution in [0.5, 0.6) is 0 Å². The molecule has 238 valence electrons. The molecule has 2 saturated heterocycles. The van der Waals surface area contributed by atoms with E-state index in [1.54, 1.807) is 0 Å². The molecular formula is C33H35Cl3N4O5. The molecule has 9 nitrogen and oxygen atoms in total. The molecule has 2 fully saturated rings. The predicted octanol–water partition coefficient (Wildman–Crippen LogP) is 5.69. The molecule has 1 amide bonds. The Labute approximate surface area is 276 Å². The number of halogens is 3. The average molecular weight is 674 g/mol. The number of para-hydroxylation sites is 2. The maximum Gasteiger partial charge on any atom is 0.326 e. The first-order valence-corrected chi connectivity index (χ1v) is 16.2. The number of aromatic nitrogens is 2. The highest BCUT2D eigenvalue weighted by Gasteiger charge is 2.34. The van der Waals surface area contributed by atoms with Crippen molar-refractivity contribution >= 4 is 51.7 Å². The van der Waals surface area contributed by atoms with Crippen molar-refractivity contribution in [1.82, 2.24) is 19.8 Å². The van der Waals surface area contributed by atoms with Gasteiger partial charge in [-0.05, 0) is 41.7 Å². The highest BCUT2D eigenvalue weighted by atomic mass is 35.6. The third-order valence-electron chi connectivity index (χ3n) is 8.59. The van der Waals surface area contributed by atoms with Gasteiger partial charge in [-0.1, -0.05) is 95.5 Å². The standard InChI is InChI=1S/C33H35Cl3N4O5/c34-33(35,36)31(42)37-18-21-5-11-24(12-6-21)30-44-26(17-29(45-30)23-9-7-22(20-41)8-10-23)19-39-15-13-25(14-16-39)40-28-4-2-1-3-27(28)38-32(40)43/h1-12,25-26,29-30,41H,13-20H2,(H,37,42)(H,38,43). The molecule has 0 spiro atoms. The lowest BCUT2D eigenvalue weighted by Crippen LogP contribution is -2.43. The number of ether oxygens (including phenoxy) is 2. The predicted molar refractivity (Wildman–Crippen MR) is 174 cm³/mol. The first-order chi connectivity index (χ1) is 21.7. The molecule has 12 heteroatoms. The van der Waals surface area contributed by atoms with Crippen LogP contribution < -0.4 is 11.0 Å². The number of nitrogens with zero attached hydrogens (tertiary/aromatic N) is 2. The first kappa shape index (κ1) is 32.1. The molecular weight excluding hydrogens is 639 g/mol. The fraction of sp³-hybridized carbons (Fsp3) is 0.394. The molecule has 3 atom stereocenters. The summed E-state index contributed by atoms with van der Waals surface area (Å²) in [5.41, 5.74) is 5.31. The van der Waals surface area contributed by atoms with Crippen LogP contribution in [0.2, 0.25) is 0 Å². The highest BCUT2D eigenvalue weighted by Crippen LogP contribution is 2.39. The summed E-state index contributed by atoms with van der Waals surface area (Å²) in [5, 5.41) is 12.1. The van der Waals surface area contributed by atoms with E-state index in [1.807, 2.05) is 77.4 Å². The van der Waals surface area contributed by atoms with Gasteiger partial charge in [0.05, 0.1) is 29.8 Å². The second-order valence-electron chi connectivity index (χ2n) is 11.6. The third kappa shape index (κ3) is 7.58. The van der Waals surface area contributed by atoms with E-state index in [2.05, 4.69) is 15.2 Å². The number of alkyl halides is 3. The summed E-state index contributed by atoms with van der Waals surface area (Å²) >= 11 is 17.0. The molecule has 0 bridgehead atoms. The molecule has 1 aromatic heterocycles. The van der Waals surface area contributed by atoms with Crippen LogP contribution in [0.25, 0.3) is 11.0 Å². The summed E-state index contributed by atoms with van der Waals surface area (Å²) in [6, 6.07) is 23.4. The number of hydrogen-bond acceptors (Lipinski definition) is 6. The van der Waals surface area contributed by atoms with Crippen molar-refractivity contribution in [2.24, 2.45) is 0 Å². The molecule has 4 aromatic rings. The Morgan fingerprint density at radius 2 is 1.60 bits per heavy atom. The number of imidazole rings is 1. The lowest BCUT2D eigenvalue weighted by Gasteiger charge is -2.40. The van der Waals surface area contributed by atoms with E-state index < -0.39 is 16.0 Å². The van der Waals surface area contributed by atoms with Gasteiger partial charge in [0.25, 0.3) is 9.70 Å². The fourth-order valence-corrected chi connectivity index (χ4v) is 6.39. The minimum absolute atomic E-state index is 0.0186. The van der Waals surface area contributed by atoms with Crippen LogP contribution in [0.3, 0.4) is 0 Å². The largest absolute Gasteiger partial charge is 0.392 e. The first-order valence-electron chi connectivity index (χ1n) is 15.0. The topological polar surface area (TPSA) is 109 Å². The number of benzene rings is 3. The van der Waals surface area contributed by atoms with E-state index in [0.717, 1.165) is 65.8 Å². The normalized spacial score (nSPS) is 21.6. The Bertz CT molecular complexity index is 1660. The minimum atomic E-state index is -2.02. The second-order valence-corrected chi connectivity index (χ2v) is 13.9. The van der Waals surface area contributed by atoms with Gasteiger partial charge in [-0.25, -0.2) is 4.79 Å². The third-order valence-corrected chi connectivity index (χ3v) is 9.10. The number of carbonyl (C=O) groups is 1. The maximum absolute atomic E-state index is 12.8. The van der Waals surface area contributed by atoms with E-state index in [-0.39, 0.29) is 37.1 Å². The number of rotatable bonds is 8. The Balaban J connectivity index is 1.13. The quantitative estimate of drug-likeness (QED) is 0.208. The van der Waals surface area contributed by atoms with Gasteiger partial charge < -0.3 is 29.8 Å². The number of aromatic amines is 1. The van der Waals surface area contributed by atoms with Crippen LogP contribution in [0.4, 0.5) is 0 Å². The number of H-pyrrole nitrogens is 1. The molecule has 6 rings (SSSR count). The van der Waals surface area contributed by atoms with Gasteiger partial charge in [-0.15, -0.1) is 0 Å². The van der Waals surface area contributed by atoms with Crippen molar-refractivity contribution < 1.29 is 19.4 Å². The molecule has 0 radical (unpaired) electrons. The average Bonchev–Trinajstić information content (AvgIpc) is 3.39. The summed E-state index contributed by atoms with van der Waals surface area (Å²) in [5.74, 6) is -0.689. The minimum Gasteiger partial charge on any atom is -0.392 e. The molecule has 2 aliphatic heterocycles. The number of carbonyl (C=O) groups excluding carboxylic acids is 1. The van der Waals surface area contributed by atoms with E-state index >= 15 is 0 Å². The number of likely N-dealkylation sites (tertiary alicyclic amines) is 1. The molecule has 3 aromatic carbocycles. The Kier molecular flexibility index (Phi) is 9.87. The smallest absolute Gasteiger partial charge is 0.326 e. The van der Waals surface area contributed by atoms with Crippen molar-refractivity contribution in [1.29, 1.82) is 0 Å². The highest BCUT2D eigenvalue weighted by molar-refractivity contribution is 6.76. The number of amides is 1. The summed E-state index contributed by atoms with van der Waals surface area (Å²) in [7, 11) is 0. The molecule has 3 unspecified atom stereocenters. The lowest BCUT2D eigenvalue weighted by atomic mass is 9.98. The molecule has 3 N–H and O–H groups in total. The van der Waals surface area contributed by atoms with Gasteiger partial charge >= 0.3 is 5.69 Å². The summed E-state index contributed by atoms with van der Waals surface area (Å²) < 4.78 is 12.9. The molecule has 0 saturated carbocycles. The van der Waals surface area contributed by atoms with Gasteiger partial charge in [0.1, 0.15) is 0 Å². The van der Waals surface area contributed by atoms with Crippen LogP contribution in [0.15, 0.2) is 77.6 Å².